The molecule has 0 unspecified atom stereocenters. The number of hydrogen-bond donors (Lipinski definition) is 2. The molecule has 2 heterocycles. The first-order valence-corrected chi connectivity index (χ1v) is 11.1. The van der Waals surface area contributed by atoms with Crippen molar-refractivity contribution in [2.24, 2.45) is 5.73 Å². The van der Waals surface area contributed by atoms with Crippen molar-refractivity contribution >= 4 is 50.8 Å². The number of nitrogens with zero attached hydrogens (tertiary/aromatic N) is 1. The van der Waals surface area contributed by atoms with Gasteiger partial charge in [0.2, 0.25) is 5.91 Å². The smallest absolute Gasteiger partial charge is 0.251 e. The van der Waals surface area contributed by atoms with Crippen molar-refractivity contribution in [3.63, 3.8) is 0 Å². The van der Waals surface area contributed by atoms with E-state index in [4.69, 9.17) is 5.73 Å². The van der Waals surface area contributed by atoms with Crippen LogP contribution in [0.5, 0.6) is 0 Å². The van der Waals surface area contributed by atoms with Gasteiger partial charge in [0.05, 0.1) is 16.1 Å². The average Bonchev–Trinajstić information content (AvgIpc) is 3.05. The zero-order valence-corrected chi connectivity index (χ0v) is 17.0. The van der Waals surface area contributed by atoms with Gasteiger partial charge in [0.1, 0.15) is 5.00 Å². The molecule has 2 aromatic heterocycles. The molecule has 28 heavy (non-hydrogen) atoms. The second kappa shape index (κ2) is 8.32. The lowest BCUT2D eigenvalue weighted by Crippen LogP contribution is -2.18. The maximum absolute atomic E-state index is 12.4. The number of hydrogen-bond acceptors (Lipinski definition) is 5. The van der Waals surface area contributed by atoms with Gasteiger partial charge in [-0.15, -0.1) is 23.1 Å². The van der Waals surface area contributed by atoms with Crippen LogP contribution in [0.3, 0.4) is 0 Å². The van der Waals surface area contributed by atoms with Crippen molar-refractivity contribution in [2.75, 3.05) is 11.1 Å². The van der Waals surface area contributed by atoms with Crippen molar-refractivity contribution in [3.05, 3.63) is 52.4 Å². The van der Waals surface area contributed by atoms with E-state index < -0.39 is 5.91 Å². The number of aryl methyl sites for hydroxylation is 1. The third-order valence-electron chi connectivity index (χ3n) is 4.82. The van der Waals surface area contributed by atoms with Crippen molar-refractivity contribution < 1.29 is 9.59 Å². The van der Waals surface area contributed by atoms with Gasteiger partial charge >= 0.3 is 0 Å². The zero-order valence-electron chi connectivity index (χ0n) is 15.4. The standard InChI is InChI=1S/C21H21N3O2S2/c22-20(26)19-14-6-2-4-8-16(14)28-21(19)24-17(25)11-12-27-18-10-9-13-5-1-3-7-15(13)23-18/h1,3,5,7,9-10H,2,4,6,8,11-12H2,(H2,22,26)(H,24,25). The molecular formula is C21H21N3O2S2. The number of thioether (sulfide) groups is 1. The minimum atomic E-state index is -0.454. The Morgan fingerprint density at radius 1 is 1.14 bits per heavy atom. The summed E-state index contributed by atoms with van der Waals surface area (Å²) in [6, 6.07) is 12.0. The number of amides is 2. The maximum Gasteiger partial charge on any atom is 0.251 e. The van der Waals surface area contributed by atoms with E-state index in [0.717, 1.165) is 47.2 Å². The number of nitrogens with one attached hydrogen (secondary N) is 1. The summed E-state index contributed by atoms with van der Waals surface area (Å²) in [7, 11) is 0. The summed E-state index contributed by atoms with van der Waals surface area (Å²) >= 11 is 3.05. The number of fused-ring (bicyclic) bond motifs is 2. The normalized spacial score (nSPS) is 13.3. The highest BCUT2D eigenvalue weighted by atomic mass is 32.2. The largest absolute Gasteiger partial charge is 0.365 e. The topological polar surface area (TPSA) is 85.1 Å². The molecule has 1 aliphatic rings. The third kappa shape index (κ3) is 4.05. The first-order valence-electron chi connectivity index (χ1n) is 9.34. The van der Waals surface area contributed by atoms with Crippen LogP contribution >= 0.6 is 23.1 Å². The summed E-state index contributed by atoms with van der Waals surface area (Å²) in [5.74, 6) is 0.0626. The molecule has 0 spiro atoms. The molecule has 5 nitrogen and oxygen atoms in total. The number of carbonyl (C=O) groups is 2. The Balaban J connectivity index is 1.38. The van der Waals surface area contributed by atoms with Gasteiger partial charge in [0, 0.05) is 22.4 Å². The number of thiophene rings is 1. The molecule has 2 amide bonds. The summed E-state index contributed by atoms with van der Waals surface area (Å²) in [5, 5.41) is 5.52. The zero-order chi connectivity index (χ0) is 19.5. The van der Waals surface area contributed by atoms with Crippen molar-refractivity contribution in [3.8, 4) is 0 Å². The Hall–Kier alpha value is -2.38. The fourth-order valence-corrected chi connectivity index (χ4v) is 5.61. The monoisotopic (exact) mass is 411 g/mol. The van der Waals surface area contributed by atoms with Crippen LogP contribution < -0.4 is 11.1 Å². The number of carbonyl (C=O) groups excluding carboxylic acids is 2. The van der Waals surface area contributed by atoms with Crippen LogP contribution in [0.2, 0.25) is 0 Å². The molecule has 0 saturated carbocycles. The van der Waals surface area contributed by atoms with E-state index >= 15 is 0 Å². The van der Waals surface area contributed by atoms with Crippen LogP contribution in [0.25, 0.3) is 10.9 Å². The van der Waals surface area contributed by atoms with E-state index in [0.29, 0.717) is 22.7 Å². The lowest BCUT2D eigenvalue weighted by atomic mass is 9.95. The summed E-state index contributed by atoms with van der Waals surface area (Å²) in [6.07, 6.45) is 4.35. The number of nitrogens with two attached hydrogens (primary N) is 1. The molecule has 0 atom stereocenters. The fraction of sp³-hybridized carbons (Fsp3) is 0.286. The molecule has 1 aliphatic carbocycles. The molecule has 0 radical (unpaired) electrons. The highest BCUT2D eigenvalue weighted by Crippen LogP contribution is 2.38. The van der Waals surface area contributed by atoms with Crippen molar-refractivity contribution in [2.45, 2.75) is 37.1 Å². The Kier molecular flexibility index (Phi) is 5.64. The van der Waals surface area contributed by atoms with Crippen LogP contribution in [0, 0.1) is 0 Å². The van der Waals surface area contributed by atoms with Crippen LogP contribution in [-0.2, 0) is 17.6 Å². The van der Waals surface area contributed by atoms with E-state index in [9.17, 15) is 9.59 Å². The Morgan fingerprint density at radius 3 is 2.82 bits per heavy atom. The number of primary amides is 1. The lowest BCUT2D eigenvalue weighted by molar-refractivity contribution is -0.115. The fourth-order valence-electron chi connectivity index (χ4n) is 3.48. The molecule has 3 N–H and O–H groups in total. The van der Waals surface area contributed by atoms with Crippen LogP contribution in [0.1, 0.15) is 40.1 Å². The molecular weight excluding hydrogens is 390 g/mol. The first-order chi connectivity index (χ1) is 13.6. The number of benzene rings is 1. The van der Waals surface area contributed by atoms with Crippen LogP contribution in [-0.4, -0.2) is 22.6 Å². The highest BCUT2D eigenvalue weighted by molar-refractivity contribution is 7.99. The Bertz CT molecular complexity index is 1050. The van der Waals surface area contributed by atoms with E-state index in [1.54, 1.807) is 11.8 Å². The molecule has 0 bridgehead atoms. The molecule has 4 rings (SSSR count). The molecule has 0 saturated heterocycles. The van der Waals surface area contributed by atoms with Gasteiger partial charge < -0.3 is 11.1 Å². The van der Waals surface area contributed by atoms with Gasteiger partial charge in [-0.25, -0.2) is 4.98 Å². The van der Waals surface area contributed by atoms with E-state index in [2.05, 4.69) is 10.3 Å². The Labute approximate surface area is 171 Å². The van der Waals surface area contributed by atoms with Crippen LogP contribution in [0.4, 0.5) is 5.00 Å². The first kappa shape index (κ1) is 19.0. The summed E-state index contributed by atoms with van der Waals surface area (Å²) in [4.78, 5) is 30.1. The SMILES string of the molecule is NC(=O)c1c(NC(=O)CCSc2ccc3ccccc3n2)sc2c1CCCC2. The minimum Gasteiger partial charge on any atom is -0.365 e. The minimum absolute atomic E-state index is 0.102. The van der Waals surface area contributed by atoms with Gasteiger partial charge in [0.15, 0.2) is 0 Å². The number of rotatable bonds is 6. The lowest BCUT2D eigenvalue weighted by Gasteiger charge is -2.11. The van der Waals surface area contributed by atoms with E-state index in [-0.39, 0.29) is 5.91 Å². The molecule has 3 aromatic rings. The second-order valence-corrected chi connectivity index (χ2v) is 8.99. The molecule has 0 aliphatic heterocycles. The van der Waals surface area contributed by atoms with E-state index in [1.165, 1.54) is 16.2 Å². The van der Waals surface area contributed by atoms with Gasteiger partial charge in [0.25, 0.3) is 5.91 Å². The Morgan fingerprint density at radius 2 is 1.96 bits per heavy atom. The number of anilines is 1. The molecule has 0 fully saturated rings. The predicted octanol–water partition coefficient (Wildman–Crippen LogP) is 4.39. The highest BCUT2D eigenvalue weighted by Gasteiger charge is 2.24. The molecule has 144 valence electrons. The van der Waals surface area contributed by atoms with Gasteiger partial charge in [-0.1, -0.05) is 24.3 Å². The third-order valence-corrected chi connectivity index (χ3v) is 6.96. The quantitative estimate of drug-likeness (QED) is 0.589. The predicted molar refractivity (Wildman–Crippen MR) is 115 cm³/mol. The number of para-hydroxylation sites is 1. The van der Waals surface area contributed by atoms with E-state index in [1.807, 2.05) is 36.4 Å². The second-order valence-electron chi connectivity index (χ2n) is 6.77. The van der Waals surface area contributed by atoms with Gasteiger partial charge in [-0.05, 0) is 43.4 Å². The van der Waals surface area contributed by atoms with Crippen molar-refractivity contribution in [1.29, 1.82) is 0 Å². The van der Waals surface area contributed by atoms with Crippen LogP contribution in [0.15, 0.2) is 41.4 Å². The summed E-state index contributed by atoms with van der Waals surface area (Å²) in [5.41, 5.74) is 8.08. The molecule has 1 aromatic carbocycles. The molecule has 7 heteroatoms. The summed E-state index contributed by atoms with van der Waals surface area (Å²) < 4.78 is 0. The van der Waals surface area contributed by atoms with Gasteiger partial charge in [-0.3, -0.25) is 9.59 Å². The van der Waals surface area contributed by atoms with Gasteiger partial charge in [-0.2, -0.15) is 0 Å². The maximum atomic E-state index is 12.4. The number of pyridine rings is 1. The number of aromatic nitrogens is 1. The van der Waals surface area contributed by atoms with Crippen molar-refractivity contribution in [1.82, 2.24) is 4.98 Å². The average molecular weight is 412 g/mol. The summed E-state index contributed by atoms with van der Waals surface area (Å²) in [6.45, 7) is 0.